The first-order chi connectivity index (χ1) is 4.43. The highest BCUT2D eigenvalue weighted by atomic mass is 35.5. The van der Waals surface area contributed by atoms with Crippen molar-refractivity contribution in [3.8, 4) is 0 Å². The molecule has 9 heavy (non-hydrogen) atoms. The van der Waals surface area contributed by atoms with Gasteiger partial charge in [-0.05, 0) is 6.42 Å². The van der Waals surface area contributed by atoms with Crippen LogP contribution in [0, 0.1) is 0 Å². The van der Waals surface area contributed by atoms with Crippen molar-refractivity contribution in [3.63, 3.8) is 0 Å². The van der Waals surface area contributed by atoms with Crippen LogP contribution in [-0.4, -0.2) is 17.4 Å². The van der Waals surface area contributed by atoms with E-state index in [4.69, 9.17) is 11.6 Å². The summed E-state index contributed by atoms with van der Waals surface area (Å²) in [6, 6.07) is 0. The lowest BCUT2D eigenvalue weighted by Crippen LogP contribution is -2.36. The fourth-order valence-electron chi connectivity index (χ4n) is 0.645. The van der Waals surface area contributed by atoms with E-state index >= 15 is 0 Å². The summed E-state index contributed by atoms with van der Waals surface area (Å²) >= 11 is 5.48. The molecular formula is C5H10ClN3. The summed E-state index contributed by atoms with van der Waals surface area (Å²) in [7, 11) is 0. The van der Waals surface area contributed by atoms with E-state index in [1.165, 1.54) is 0 Å². The summed E-state index contributed by atoms with van der Waals surface area (Å²) < 4.78 is 0. The molecule has 52 valence electrons. The van der Waals surface area contributed by atoms with E-state index in [1.54, 1.807) is 0 Å². The van der Waals surface area contributed by atoms with Gasteiger partial charge in [-0.15, -0.1) is 17.1 Å². The Kier molecular flexibility index (Phi) is 2.67. The number of hydrogen-bond donors (Lipinski definition) is 2. The van der Waals surface area contributed by atoms with Gasteiger partial charge in [0.2, 0.25) is 0 Å². The van der Waals surface area contributed by atoms with Crippen molar-refractivity contribution >= 4 is 11.6 Å². The van der Waals surface area contributed by atoms with E-state index in [0.29, 0.717) is 5.88 Å². The Bertz CT molecular complexity index is 104. The Morgan fingerprint density at radius 2 is 2.44 bits per heavy atom. The Balaban J connectivity index is 2.05. The summed E-state index contributed by atoms with van der Waals surface area (Å²) in [5.41, 5.74) is 5.74. The Labute approximate surface area is 59.6 Å². The second kappa shape index (κ2) is 3.58. The molecule has 2 N–H and O–H groups in total. The van der Waals surface area contributed by atoms with Crippen LogP contribution in [0.1, 0.15) is 6.42 Å². The van der Waals surface area contributed by atoms with Crippen LogP contribution in [0.4, 0.5) is 0 Å². The molecule has 0 amide bonds. The molecule has 0 aromatic rings. The zero-order valence-corrected chi connectivity index (χ0v) is 5.86. The molecule has 3 nitrogen and oxygen atoms in total. The standard InChI is InChI=1S/C5H10ClN3/c6-2-1-4-9-5-3-7-8-9/h3,5,7-8H,1-2,4H2. The van der Waals surface area contributed by atoms with Gasteiger partial charge in [0.05, 0.1) is 0 Å². The van der Waals surface area contributed by atoms with Crippen LogP contribution in [0.25, 0.3) is 0 Å². The van der Waals surface area contributed by atoms with E-state index in [-0.39, 0.29) is 0 Å². The monoisotopic (exact) mass is 147 g/mol. The third-order valence-electron chi connectivity index (χ3n) is 1.08. The largest absolute Gasteiger partial charge is 0.310 e. The second-order valence-corrected chi connectivity index (χ2v) is 2.19. The predicted octanol–water partition coefficient (Wildman–Crippen LogP) is 0.411. The maximum Gasteiger partial charge on any atom is 0.0367 e. The van der Waals surface area contributed by atoms with Crippen molar-refractivity contribution in [2.45, 2.75) is 6.42 Å². The number of hydrazine groups is 2. The molecule has 0 saturated carbocycles. The number of halogens is 1. The summed E-state index contributed by atoms with van der Waals surface area (Å²) in [5, 5.41) is 1.95. The SMILES string of the molecule is ClCCCN1C=CNN1. The molecule has 0 unspecified atom stereocenters. The van der Waals surface area contributed by atoms with Gasteiger partial charge in [-0.1, -0.05) is 0 Å². The molecule has 1 rings (SSSR count). The van der Waals surface area contributed by atoms with E-state index in [0.717, 1.165) is 13.0 Å². The summed E-state index contributed by atoms with van der Waals surface area (Å²) in [6.45, 7) is 0.951. The number of nitrogens with zero attached hydrogens (tertiary/aromatic N) is 1. The highest BCUT2D eigenvalue weighted by molar-refractivity contribution is 6.17. The zero-order valence-electron chi connectivity index (χ0n) is 5.10. The fourth-order valence-corrected chi connectivity index (χ4v) is 0.765. The maximum atomic E-state index is 5.48. The molecule has 0 aromatic heterocycles. The van der Waals surface area contributed by atoms with Crippen molar-refractivity contribution in [1.82, 2.24) is 16.0 Å². The molecule has 0 radical (unpaired) electrons. The first-order valence-corrected chi connectivity index (χ1v) is 3.47. The third kappa shape index (κ3) is 2.11. The van der Waals surface area contributed by atoms with E-state index in [2.05, 4.69) is 11.0 Å². The molecule has 0 aromatic carbocycles. The highest BCUT2D eigenvalue weighted by Crippen LogP contribution is 1.92. The maximum absolute atomic E-state index is 5.48. The van der Waals surface area contributed by atoms with Crippen molar-refractivity contribution in [2.75, 3.05) is 12.4 Å². The zero-order chi connectivity index (χ0) is 6.53. The van der Waals surface area contributed by atoms with Gasteiger partial charge in [-0.3, -0.25) is 5.01 Å². The molecule has 1 aliphatic rings. The number of alkyl halides is 1. The van der Waals surface area contributed by atoms with E-state index in [9.17, 15) is 0 Å². The molecule has 1 heterocycles. The van der Waals surface area contributed by atoms with Crippen LogP contribution in [0.5, 0.6) is 0 Å². The molecule has 1 aliphatic heterocycles. The van der Waals surface area contributed by atoms with Crippen molar-refractivity contribution in [2.24, 2.45) is 0 Å². The molecule has 0 aliphatic carbocycles. The van der Waals surface area contributed by atoms with Crippen molar-refractivity contribution < 1.29 is 0 Å². The minimum absolute atomic E-state index is 0.714. The van der Waals surface area contributed by atoms with E-state index < -0.39 is 0 Å². The smallest absolute Gasteiger partial charge is 0.0367 e. The minimum atomic E-state index is 0.714. The van der Waals surface area contributed by atoms with Gasteiger partial charge >= 0.3 is 0 Å². The van der Waals surface area contributed by atoms with Crippen molar-refractivity contribution in [3.05, 3.63) is 12.4 Å². The van der Waals surface area contributed by atoms with Crippen LogP contribution in [-0.2, 0) is 0 Å². The van der Waals surface area contributed by atoms with Crippen LogP contribution in [0.2, 0.25) is 0 Å². The van der Waals surface area contributed by atoms with E-state index in [1.807, 2.05) is 17.4 Å². The Morgan fingerprint density at radius 1 is 1.56 bits per heavy atom. The van der Waals surface area contributed by atoms with Gasteiger partial charge in [0, 0.05) is 24.8 Å². The number of nitrogens with one attached hydrogen (secondary N) is 2. The third-order valence-corrected chi connectivity index (χ3v) is 1.35. The molecule has 0 fully saturated rings. The van der Waals surface area contributed by atoms with Gasteiger partial charge in [-0.25, -0.2) is 0 Å². The average molecular weight is 148 g/mol. The average Bonchev–Trinajstić information content (AvgIpc) is 2.34. The highest BCUT2D eigenvalue weighted by Gasteiger charge is 1.99. The van der Waals surface area contributed by atoms with Crippen LogP contribution in [0.3, 0.4) is 0 Å². The summed E-state index contributed by atoms with van der Waals surface area (Å²) in [6.07, 6.45) is 4.78. The lowest BCUT2D eigenvalue weighted by molar-refractivity contribution is 0.273. The van der Waals surface area contributed by atoms with Gasteiger partial charge in [-0.2, -0.15) is 0 Å². The van der Waals surface area contributed by atoms with Crippen LogP contribution < -0.4 is 11.0 Å². The van der Waals surface area contributed by atoms with Gasteiger partial charge in [0.15, 0.2) is 0 Å². The number of hydrogen-bond acceptors (Lipinski definition) is 3. The first-order valence-electron chi connectivity index (χ1n) is 2.94. The molecule has 0 bridgehead atoms. The van der Waals surface area contributed by atoms with Gasteiger partial charge in [0.25, 0.3) is 0 Å². The molecule has 0 atom stereocenters. The molecule has 4 heteroatoms. The van der Waals surface area contributed by atoms with Crippen LogP contribution >= 0.6 is 11.6 Å². The topological polar surface area (TPSA) is 27.3 Å². The lowest BCUT2D eigenvalue weighted by Gasteiger charge is -2.13. The molecular weight excluding hydrogens is 138 g/mol. The number of rotatable bonds is 3. The quantitative estimate of drug-likeness (QED) is 0.567. The summed E-state index contributed by atoms with van der Waals surface area (Å²) in [4.78, 5) is 0. The Hall–Kier alpha value is -0.410. The van der Waals surface area contributed by atoms with Crippen molar-refractivity contribution in [1.29, 1.82) is 0 Å². The van der Waals surface area contributed by atoms with Gasteiger partial charge < -0.3 is 5.43 Å². The normalized spacial score (nSPS) is 16.3. The summed E-state index contributed by atoms with van der Waals surface area (Å²) in [5.74, 6) is 0.714. The minimum Gasteiger partial charge on any atom is -0.310 e. The first kappa shape index (κ1) is 6.71. The van der Waals surface area contributed by atoms with Crippen LogP contribution in [0.15, 0.2) is 12.4 Å². The lowest BCUT2D eigenvalue weighted by atomic mass is 10.5. The van der Waals surface area contributed by atoms with Gasteiger partial charge in [0.1, 0.15) is 0 Å². The molecule has 0 spiro atoms. The second-order valence-electron chi connectivity index (χ2n) is 1.81. The Morgan fingerprint density at radius 3 is 3.00 bits per heavy atom. The fraction of sp³-hybridized carbons (Fsp3) is 0.600. The molecule has 0 saturated heterocycles. The predicted molar refractivity (Wildman–Crippen MR) is 37.5 cm³/mol.